The number of nitrogens with one attached hydrogen (secondary N) is 3. The van der Waals surface area contributed by atoms with Crippen LogP contribution in [0.2, 0.25) is 0 Å². The van der Waals surface area contributed by atoms with E-state index in [2.05, 4.69) is 10.6 Å². The molecule has 0 unspecified atom stereocenters. The maximum atomic E-state index is 13.2. The molecule has 0 fully saturated rings. The first-order valence-electron chi connectivity index (χ1n) is 11.7. The SMILES string of the molecule is CCOc1cccc(CNc2cc(CC(N)=O)ccc2C(=O)Nc2ccc(C(=N)N)cc2)c1OCC(=O)O. The highest BCUT2D eigenvalue weighted by molar-refractivity contribution is 6.08. The molecule has 0 heterocycles. The summed E-state index contributed by atoms with van der Waals surface area (Å²) in [6.07, 6.45) is -0.0180. The van der Waals surface area contributed by atoms with Crippen LogP contribution in [0.25, 0.3) is 0 Å². The van der Waals surface area contributed by atoms with Crippen molar-refractivity contribution in [1.29, 1.82) is 5.41 Å². The molecule has 0 aliphatic heterocycles. The summed E-state index contributed by atoms with van der Waals surface area (Å²) in [5, 5.41) is 22.6. The molecule has 11 nitrogen and oxygen atoms in total. The van der Waals surface area contributed by atoms with Crippen molar-refractivity contribution in [2.75, 3.05) is 23.8 Å². The standard InChI is InChI=1S/C27H29N5O6/c1-2-37-22-5-3-4-18(25(22)38-15-24(34)35)14-31-21-12-16(13-23(28)33)6-11-20(21)27(36)32-19-9-7-17(8-10-19)26(29)30/h3-12,31H,2,13-15H2,1H3,(H2,28,33)(H3,29,30)(H,32,36)(H,34,35). The number of carboxylic acid groups (broad SMARTS) is 1. The Balaban J connectivity index is 1.90. The van der Waals surface area contributed by atoms with Gasteiger partial charge in [0.05, 0.1) is 18.6 Å². The van der Waals surface area contributed by atoms with Gasteiger partial charge in [-0.2, -0.15) is 0 Å². The predicted molar refractivity (Wildman–Crippen MR) is 143 cm³/mol. The Kier molecular flexibility index (Phi) is 9.25. The zero-order chi connectivity index (χ0) is 27.7. The number of ether oxygens (including phenoxy) is 2. The van der Waals surface area contributed by atoms with E-state index in [0.29, 0.717) is 46.0 Å². The number of hydrogen-bond acceptors (Lipinski definition) is 7. The molecule has 0 atom stereocenters. The molecule has 0 aliphatic carbocycles. The second-order valence-electron chi connectivity index (χ2n) is 8.18. The van der Waals surface area contributed by atoms with Crippen LogP contribution in [-0.2, 0) is 22.6 Å². The number of carbonyl (C=O) groups excluding carboxylic acids is 2. The number of aliphatic carboxylic acids is 1. The molecular weight excluding hydrogens is 490 g/mol. The number of para-hydroxylation sites is 1. The van der Waals surface area contributed by atoms with E-state index in [4.69, 9.17) is 31.5 Å². The Labute approximate surface area is 219 Å². The predicted octanol–water partition coefficient (Wildman–Crippen LogP) is 2.72. The van der Waals surface area contributed by atoms with Crippen LogP contribution in [0, 0.1) is 5.41 Å². The third kappa shape index (κ3) is 7.47. The van der Waals surface area contributed by atoms with Gasteiger partial charge in [-0.1, -0.05) is 18.2 Å². The van der Waals surface area contributed by atoms with Crippen molar-refractivity contribution < 1.29 is 29.0 Å². The number of anilines is 2. The molecule has 0 spiro atoms. The minimum Gasteiger partial charge on any atom is -0.490 e. The van der Waals surface area contributed by atoms with E-state index in [0.717, 1.165) is 0 Å². The van der Waals surface area contributed by atoms with Gasteiger partial charge in [-0.3, -0.25) is 15.0 Å². The van der Waals surface area contributed by atoms with E-state index in [1.54, 1.807) is 67.6 Å². The lowest BCUT2D eigenvalue weighted by molar-refractivity contribution is -0.139. The first kappa shape index (κ1) is 27.5. The number of nitrogen functional groups attached to an aromatic ring is 1. The largest absolute Gasteiger partial charge is 0.490 e. The van der Waals surface area contributed by atoms with Crippen molar-refractivity contribution in [3.63, 3.8) is 0 Å². The average molecular weight is 520 g/mol. The van der Waals surface area contributed by atoms with Crippen LogP contribution in [0.4, 0.5) is 11.4 Å². The number of nitrogens with two attached hydrogens (primary N) is 2. The molecule has 8 N–H and O–H groups in total. The van der Waals surface area contributed by atoms with Crippen molar-refractivity contribution in [2.24, 2.45) is 11.5 Å². The van der Waals surface area contributed by atoms with Crippen LogP contribution in [0.3, 0.4) is 0 Å². The first-order chi connectivity index (χ1) is 18.2. The Morgan fingerprint density at radius 1 is 1.00 bits per heavy atom. The molecule has 0 saturated carbocycles. The second-order valence-corrected chi connectivity index (χ2v) is 8.18. The number of amides is 2. The molecule has 0 radical (unpaired) electrons. The number of primary amides is 1. The molecule has 3 rings (SSSR count). The zero-order valence-electron chi connectivity index (χ0n) is 20.7. The number of carboxylic acids is 1. The third-order valence-electron chi connectivity index (χ3n) is 5.33. The van der Waals surface area contributed by atoms with Gasteiger partial charge in [0.2, 0.25) is 5.91 Å². The van der Waals surface area contributed by atoms with Crippen molar-refractivity contribution in [3.8, 4) is 11.5 Å². The molecule has 38 heavy (non-hydrogen) atoms. The highest BCUT2D eigenvalue weighted by atomic mass is 16.5. The van der Waals surface area contributed by atoms with Gasteiger partial charge in [-0.15, -0.1) is 0 Å². The molecule has 0 saturated heterocycles. The summed E-state index contributed by atoms with van der Waals surface area (Å²) in [7, 11) is 0. The van der Waals surface area contributed by atoms with Gasteiger partial charge in [0.1, 0.15) is 5.84 Å². The van der Waals surface area contributed by atoms with Crippen molar-refractivity contribution in [3.05, 3.63) is 82.9 Å². The molecule has 198 valence electrons. The first-order valence-corrected chi connectivity index (χ1v) is 11.7. The molecular formula is C27H29N5O6. The summed E-state index contributed by atoms with van der Waals surface area (Å²) >= 11 is 0. The fourth-order valence-corrected chi connectivity index (χ4v) is 3.64. The average Bonchev–Trinajstić information content (AvgIpc) is 2.87. The Bertz CT molecular complexity index is 1340. The van der Waals surface area contributed by atoms with E-state index in [1.807, 2.05) is 0 Å². The Hall–Kier alpha value is -5.06. The highest BCUT2D eigenvalue weighted by Gasteiger charge is 2.17. The fraction of sp³-hybridized carbons (Fsp3) is 0.185. The number of rotatable bonds is 13. The van der Waals surface area contributed by atoms with Gasteiger partial charge in [0.25, 0.3) is 5.91 Å². The minimum atomic E-state index is -1.13. The topological polar surface area (TPSA) is 190 Å². The van der Waals surface area contributed by atoms with E-state index in [1.165, 1.54) is 0 Å². The van der Waals surface area contributed by atoms with Crippen LogP contribution >= 0.6 is 0 Å². The van der Waals surface area contributed by atoms with Crippen molar-refractivity contribution in [1.82, 2.24) is 0 Å². The van der Waals surface area contributed by atoms with E-state index in [-0.39, 0.29) is 24.6 Å². The summed E-state index contributed by atoms with van der Waals surface area (Å²) in [6.45, 7) is 1.76. The minimum absolute atomic E-state index is 0.0180. The quantitative estimate of drug-likeness (QED) is 0.147. The monoisotopic (exact) mass is 519 g/mol. The molecule has 0 aromatic heterocycles. The fourth-order valence-electron chi connectivity index (χ4n) is 3.64. The summed E-state index contributed by atoms with van der Waals surface area (Å²) in [5.74, 6) is -1.49. The molecule has 0 aliphatic rings. The van der Waals surface area contributed by atoms with Crippen LogP contribution in [0.1, 0.15) is 34.0 Å². The number of hydrogen-bond donors (Lipinski definition) is 6. The molecule has 0 bridgehead atoms. The van der Waals surface area contributed by atoms with E-state index < -0.39 is 24.4 Å². The lowest BCUT2D eigenvalue weighted by atomic mass is 10.0. The molecule has 3 aromatic rings. The van der Waals surface area contributed by atoms with E-state index in [9.17, 15) is 14.4 Å². The maximum absolute atomic E-state index is 13.2. The molecule has 11 heteroatoms. The lowest BCUT2D eigenvalue weighted by Gasteiger charge is -2.18. The summed E-state index contributed by atoms with van der Waals surface area (Å²) in [6, 6.07) is 16.6. The van der Waals surface area contributed by atoms with E-state index >= 15 is 0 Å². The van der Waals surface area contributed by atoms with Gasteiger partial charge in [-0.05, 0) is 55.0 Å². The smallest absolute Gasteiger partial charge is 0.341 e. The second kappa shape index (κ2) is 12.8. The van der Waals surface area contributed by atoms with Gasteiger partial charge >= 0.3 is 5.97 Å². The molecule has 3 aromatic carbocycles. The Morgan fingerprint density at radius 3 is 2.37 bits per heavy atom. The van der Waals surface area contributed by atoms with Crippen LogP contribution < -0.4 is 31.6 Å². The number of benzene rings is 3. The van der Waals surface area contributed by atoms with Gasteiger partial charge < -0.3 is 36.7 Å². The van der Waals surface area contributed by atoms with Gasteiger partial charge in [-0.25, -0.2) is 4.79 Å². The van der Waals surface area contributed by atoms with Gasteiger partial charge in [0.15, 0.2) is 18.1 Å². The van der Waals surface area contributed by atoms with Crippen molar-refractivity contribution >= 4 is 35.0 Å². The summed E-state index contributed by atoms with van der Waals surface area (Å²) < 4.78 is 11.1. The van der Waals surface area contributed by atoms with Crippen molar-refractivity contribution in [2.45, 2.75) is 19.9 Å². The Morgan fingerprint density at radius 2 is 1.74 bits per heavy atom. The number of amidine groups is 1. The highest BCUT2D eigenvalue weighted by Crippen LogP contribution is 2.32. The summed E-state index contributed by atoms with van der Waals surface area (Å²) in [5.41, 5.74) is 13.8. The summed E-state index contributed by atoms with van der Waals surface area (Å²) in [4.78, 5) is 35.7. The van der Waals surface area contributed by atoms with Crippen LogP contribution in [-0.4, -0.2) is 41.9 Å². The lowest BCUT2D eigenvalue weighted by Crippen LogP contribution is -2.17. The third-order valence-corrected chi connectivity index (χ3v) is 5.33. The normalized spacial score (nSPS) is 10.3. The van der Waals surface area contributed by atoms with Crippen LogP contribution in [0.5, 0.6) is 11.5 Å². The van der Waals surface area contributed by atoms with Gasteiger partial charge in [0, 0.05) is 29.0 Å². The maximum Gasteiger partial charge on any atom is 0.341 e. The van der Waals surface area contributed by atoms with Crippen LogP contribution in [0.15, 0.2) is 60.7 Å². The zero-order valence-corrected chi connectivity index (χ0v) is 20.7. The number of carbonyl (C=O) groups is 3. The molecule has 2 amide bonds.